The first kappa shape index (κ1) is 14.0. The molecule has 5 nitrogen and oxygen atoms in total. The number of thiazole rings is 1. The van der Waals surface area contributed by atoms with Gasteiger partial charge >= 0.3 is 0 Å². The molecule has 106 valence electrons. The lowest BCUT2D eigenvalue weighted by molar-refractivity contribution is 1.02. The van der Waals surface area contributed by atoms with E-state index in [4.69, 9.17) is 5.84 Å². The number of nitrogens with two attached hydrogens (primary N) is 1. The lowest BCUT2D eigenvalue weighted by Crippen LogP contribution is -2.35. The Balaban J connectivity index is 1.86. The maximum atomic E-state index is 5.52. The molecule has 0 aliphatic carbocycles. The van der Waals surface area contributed by atoms with E-state index in [9.17, 15) is 0 Å². The molecule has 0 fully saturated rings. The van der Waals surface area contributed by atoms with E-state index in [1.807, 2.05) is 48.5 Å². The van der Waals surface area contributed by atoms with Crippen LogP contribution in [0.2, 0.25) is 0 Å². The van der Waals surface area contributed by atoms with Crippen LogP contribution in [0, 0.1) is 0 Å². The summed E-state index contributed by atoms with van der Waals surface area (Å²) in [5, 5.41) is 3.76. The van der Waals surface area contributed by atoms with Crippen molar-refractivity contribution < 1.29 is 0 Å². The summed E-state index contributed by atoms with van der Waals surface area (Å²) >= 11 is 4.91. The third-order valence-electron chi connectivity index (χ3n) is 2.73. The predicted molar refractivity (Wildman–Crippen MR) is 91.8 cm³/mol. The number of para-hydroxylation sites is 1. The summed E-state index contributed by atoms with van der Waals surface area (Å²) in [6.45, 7) is 0. The van der Waals surface area contributed by atoms with Crippen LogP contribution in [0.3, 0.4) is 0 Å². The number of aromatic nitrogens is 1. The van der Waals surface area contributed by atoms with Gasteiger partial charge in [-0.05, 0) is 36.4 Å². The van der Waals surface area contributed by atoms with Crippen LogP contribution in [0.1, 0.15) is 0 Å². The summed E-state index contributed by atoms with van der Waals surface area (Å²) in [6.07, 6.45) is 0. The molecule has 0 unspecified atom stereocenters. The molecule has 2 aromatic carbocycles. The summed E-state index contributed by atoms with van der Waals surface area (Å²) < 4.78 is 2.11. The molecule has 1 aromatic heterocycles. The van der Waals surface area contributed by atoms with Crippen LogP contribution in [0.15, 0.2) is 58.0 Å². The van der Waals surface area contributed by atoms with E-state index in [1.165, 1.54) is 11.3 Å². The molecule has 3 rings (SSSR count). The van der Waals surface area contributed by atoms with Crippen molar-refractivity contribution in [2.75, 3.05) is 5.32 Å². The number of fused-ring (bicyclic) bond motifs is 1. The molecular formula is C14H12BrN5S. The molecule has 0 aliphatic rings. The number of hydrogen-bond acceptors (Lipinski definition) is 4. The van der Waals surface area contributed by atoms with Crippen LogP contribution in [0.5, 0.6) is 0 Å². The summed E-state index contributed by atoms with van der Waals surface area (Å²) in [5.74, 6) is 5.96. The average molecular weight is 362 g/mol. The second-order valence-electron chi connectivity index (χ2n) is 4.20. The van der Waals surface area contributed by atoms with Gasteiger partial charge in [0.1, 0.15) is 0 Å². The number of hydrazine groups is 1. The van der Waals surface area contributed by atoms with Crippen molar-refractivity contribution in [3.05, 3.63) is 53.0 Å². The van der Waals surface area contributed by atoms with Crippen molar-refractivity contribution in [1.82, 2.24) is 10.4 Å². The summed E-state index contributed by atoms with van der Waals surface area (Å²) in [5.41, 5.74) is 4.37. The van der Waals surface area contributed by atoms with Gasteiger partial charge in [-0.15, -0.1) is 0 Å². The van der Waals surface area contributed by atoms with Gasteiger partial charge < -0.3 is 5.32 Å². The highest BCUT2D eigenvalue weighted by molar-refractivity contribution is 9.10. The van der Waals surface area contributed by atoms with Gasteiger partial charge in [-0.3, -0.25) is 5.43 Å². The van der Waals surface area contributed by atoms with E-state index >= 15 is 0 Å². The third kappa shape index (κ3) is 3.38. The second-order valence-corrected chi connectivity index (χ2v) is 6.13. The Hall–Kier alpha value is -1.96. The number of hydrogen-bond donors (Lipinski definition) is 3. The molecule has 21 heavy (non-hydrogen) atoms. The Bertz CT molecular complexity index is 748. The average Bonchev–Trinajstić information content (AvgIpc) is 2.91. The molecule has 0 aliphatic heterocycles. The largest absolute Gasteiger partial charge is 0.325 e. The topological polar surface area (TPSA) is 75.3 Å². The fraction of sp³-hybridized carbons (Fsp3) is 0. The number of nitrogens with one attached hydrogen (secondary N) is 2. The first-order valence-electron chi connectivity index (χ1n) is 6.18. The Morgan fingerprint density at radius 1 is 1.14 bits per heavy atom. The maximum absolute atomic E-state index is 5.52. The van der Waals surface area contributed by atoms with Crippen molar-refractivity contribution in [2.45, 2.75) is 0 Å². The first-order valence-corrected chi connectivity index (χ1v) is 7.79. The number of guanidine groups is 1. The monoisotopic (exact) mass is 361 g/mol. The van der Waals surface area contributed by atoms with E-state index in [2.05, 4.69) is 36.6 Å². The van der Waals surface area contributed by atoms with E-state index in [-0.39, 0.29) is 0 Å². The smallest absolute Gasteiger partial charge is 0.217 e. The minimum atomic E-state index is 0.441. The van der Waals surface area contributed by atoms with E-state index in [0.29, 0.717) is 11.1 Å². The highest BCUT2D eigenvalue weighted by atomic mass is 79.9. The number of aliphatic imine (C=N–C) groups is 1. The fourth-order valence-electron chi connectivity index (χ4n) is 1.77. The third-order valence-corrected chi connectivity index (χ3v) is 4.19. The summed E-state index contributed by atoms with van der Waals surface area (Å²) in [7, 11) is 0. The zero-order valence-corrected chi connectivity index (χ0v) is 13.3. The maximum Gasteiger partial charge on any atom is 0.217 e. The second kappa shape index (κ2) is 6.21. The molecule has 0 saturated carbocycles. The number of anilines is 1. The lowest BCUT2D eigenvalue weighted by Gasteiger charge is -2.08. The molecule has 1 heterocycles. The van der Waals surface area contributed by atoms with Crippen LogP contribution >= 0.6 is 27.3 Å². The Kier molecular flexibility index (Phi) is 4.14. The van der Waals surface area contributed by atoms with E-state index < -0.39 is 0 Å². The van der Waals surface area contributed by atoms with Crippen LogP contribution in [0.4, 0.5) is 10.8 Å². The van der Waals surface area contributed by atoms with Gasteiger partial charge in [-0.2, -0.15) is 4.99 Å². The molecule has 0 amide bonds. The van der Waals surface area contributed by atoms with Crippen molar-refractivity contribution in [2.24, 2.45) is 10.8 Å². The lowest BCUT2D eigenvalue weighted by atomic mass is 10.3. The van der Waals surface area contributed by atoms with Gasteiger partial charge in [-0.25, -0.2) is 10.8 Å². The highest BCUT2D eigenvalue weighted by Gasteiger charge is 2.04. The Morgan fingerprint density at radius 3 is 2.62 bits per heavy atom. The van der Waals surface area contributed by atoms with Crippen LogP contribution < -0.4 is 16.6 Å². The molecule has 4 N–H and O–H groups in total. The van der Waals surface area contributed by atoms with Crippen LogP contribution in [0.25, 0.3) is 10.2 Å². The molecule has 0 bridgehead atoms. The quantitative estimate of drug-likeness (QED) is 0.282. The molecule has 0 spiro atoms. The van der Waals surface area contributed by atoms with Crippen LogP contribution in [-0.2, 0) is 0 Å². The molecular weight excluding hydrogens is 350 g/mol. The van der Waals surface area contributed by atoms with Gasteiger partial charge in [0.25, 0.3) is 0 Å². The minimum Gasteiger partial charge on any atom is -0.325 e. The molecule has 0 saturated heterocycles. The molecule has 7 heteroatoms. The van der Waals surface area contributed by atoms with Crippen LogP contribution in [-0.4, -0.2) is 10.9 Å². The number of benzene rings is 2. The van der Waals surface area contributed by atoms with Gasteiger partial charge in [0.15, 0.2) is 0 Å². The molecule has 0 atom stereocenters. The molecule has 3 aromatic rings. The number of halogens is 1. The summed E-state index contributed by atoms with van der Waals surface area (Å²) in [4.78, 5) is 8.84. The van der Waals surface area contributed by atoms with E-state index in [0.717, 1.165) is 20.4 Å². The SMILES string of the molecule is NN/C(=N/c1nc2ccccc2s1)Nc1ccc(Br)cc1. The number of rotatable bonds is 2. The zero-order chi connectivity index (χ0) is 14.7. The van der Waals surface area contributed by atoms with Gasteiger partial charge in [-0.1, -0.05) is 39.4 Å². The fourth-order valence-corrected chi connectivity index (χ4v) is 2.88. The summed E-state index contributed by atoms with van der Waals surface area (Å²) in [6, 6.07) is 15.6. The zero-order valence-electron chi connectivity index (χ0n) is 10.9. The van der Waals surface area contributed by atoms with Gasteiger partial charge in [0.2, 0.25) is 11.1 Å². The van der Waals surface area contributed by atoms with Gasteiger partial charge in [0.05, 0.1) is 10.2 Å². The number of nitrogens with zero attached hydrogens (tertiary/aromatic N) is 2. The predicted octanol–water partition coefficient (Wildman–Crippen LogP) is 3.62. The first-order chi connectivity index (χ1) is 10.2. The van der Waals surface area contributed by atoms with Crippen molar-refractivity contribution >= 4 is 54.3 Å². The van der Waals surface area contributed by atoms with Gasteiger partial charge in [0, 0.05) is 10.2 Å². The van der Waals surface area contributed by atoms with Crippen molar-refractivity contribution in [3.63, 3.8) is 0 Å². The highest BCUT2D eigenvalue weighted by Crippen LogP contribution is 2.27. The normalized spacial score (nSPS) is 11.6. The Labute approximate surface area is 134 Å². The molecule has 0 radical (unpaired) electrons. The minimum absolute atomic E-state index is 0.441. The van der Waals surface area contributed by atoms with Crippen molar-refractivity contribution in [3.8, 4) is 0 Å². The van der Waals surface area contributed by atoms with Crippen molar-refractivity contribution in [1.29, 1.82) is 0 Å². The Morgan fingerprint density at radius 2 is 1.90 bits per heavy atom. The standard InChI is InChI=1S/C14H12BrN5S/c15-9-5-7-10(8-6-9)17-13(20-16)19-14-18-11-3-1-2-4-12(11)21-14/h1-8H,16H2,(H2,17,18,19,20). The van der Waals surface area contributed by atoms with E-state index in [1.54, 1.807) is 0 Å².